The first-order chi connectivity index (χ1) is 13.0. The minimum absolute atomic E-state index is 0.307. The Morgan fingerprint density at radius 3 is 2.67 bits per heavy atom. The normalized spacial score (nSPS) is 10.7. The third kappa shape index (κ3) is 3.55. The third-order valence-corrected chi connectivity index (χ3v) is 6.48. The van der Waals surface area contributed by atoms with Gasteiger partial charge in [0.1, 0.15) is 4.88 Å². The SMILES string of the molecule is N#Cc1ccc(-c2csc(NC(=O)c3sc4cc(Cl)ccc4c3Cl)n2)cc1. The average Bonchev–Trinajstić information content (AvgIpc) is 3.26. The Labute approximate surface area is 172 Å². The Hall–Kier alpha value is -2.43. The maximum absolute atomic E-state index is 12.6. The van der Waals surface area contributed by atoms with Gasteiger partial charge in [0.15, 0.2) is 5.13 Å². The molecule has 0 saturated heterocycles. The van der Waals surface area contributed by atoms with Crippen LogP contribution < -0.4 is 5.32 Å². The van der Waals surface area contributed by atoms with Crippen molar-refractivity contribution in [1.29, 1.82) is 5.26 Å². The van der Waals surface area contributed by atoms with Crippen molar-refractivity contribution in [3.05, 3.63) is 68.3 Å². The van der Waals surface area contributed by atoms with Crippen LogP contribution >= 0.6 is 45.9 Å². The van der Waals surface area contributed by atoms with Crippen LogP contribution in [-0.4, -0.2) is 10.9 Å². The molecule has 8 heteroatoms. The molecule has 1 N–H and O–H groups in total. The van der Waals surface area contributed by atoms with Crippen molar-refractivity contribution in [2.75, 3.05) is 5.32 Å². The van der Waals surface area contributed by atoms with Crippen molar-refractivity contribution in [3.63, 3.8) is 0 Å². The largest absolute Gasteiger partial charge is 0.297 e. The van der Waals surface area contributed by atoms with Gasteiger partial charge >= 0.3 is 0 Å². The summed E-state index contributed by atoms with van der Waals surface area (Å²) in [4.78, 5) is 17.5. The molecule has 0 aliphatic carbocycles. The number of carbonyl (C=O) groups excluding carboxylic acids is 1. The maximum Gasteiger partial charge on any atom is 0.269 e. The number of aromatic nitrogens is 1. The highest BCUT2D eigenvalue weighted by Gasteiger charge is 2.18. The van der Waals surface area contributed by atoms with Crippen molar-refractivity contribution in [1.82, 2.24) is 4.98 Å². The number of hydrogen-bond acceptors (Lipinski definition) is 5. The van der Waals surface area contributed by atoms with Crippen LogP contribution in [0.25, 0.3) is 21.3 Å². The van der Waals surface area contributed by atoms with E-state index in [-0.39, 0.29) is 5.91 Å². The maximum atomic E-state index is 12.6. The minimum atomic E-state index is -0.307. The van der Waals surface area contributed by atoms with Gasteiger partial charge in [-0.3, -0.25) is 10.1 Å². The van der Waals surface area contributed by atoms with Crippen LogP contribution in [-0.2, 0) is 0 Å². The number of nitrogens with zero attached hydrogens (tertiary/aromatic N) is 2. The van der Waals surface area contributed by atoms with Crippen molar-refractivity contribution in [2.45, 2.75) is 0 Å². The van der Waals surface area contributed by atoms with Crippen LogP contribution in [0.4, 0.5) is 5.13 Å². The lowest BCUT2D eigenvalue weighted by Crippen LogP contribution is -2.10. The molecule has 0 saturated carbocycles. The molecule has 27 heavy (non-hydrogen) atoms. The fourth-order valence-electron chi connectivity index (χ4n) is 2.52. The summed E-state index contributed by atoms with van der Waals surface area (Å²) >= 11 is 15.0. The number of amides is 1. The van der Waals surface area contributed by atoms with E-state index in [9.17, 15) is 4.79 Å². The first-order valence-corrected chi connectivity index (χ1v) is 10.2. The topological polar surface area (TPSA) is 65.8 Å². The molecule has 0 unspecified atom stereocenters. The van der Waals surface area contributed by atoms with Gasteiger partial charge in [-0.15, -0.1) is 22.7 Å². The van der Waals surface area contributed by atoms with Gasteiger partial charge in [-0.2, -0.15) is 5.26 Å². The second-order valence-electron chi connectivity index (χ2n) is 5.57. The van der Waals surface area contributed by atoms with E-state index < -0.39 is 0 Å². The number of anilines is 1. The number of rotatable bonds is 3. The fourth-order valence-corrected chi connectivity index (χ4v) is 4.92. The molecule has 0 atom stereocenters. The van der Waals surface area contributed by atoms with E-state index >= 15 is 0 Å². The number of benzene rings is 2. The van der Waals surface area contributed by atoms with Gasteiger partial charge in [-0.1, -0.05) is 41.4 Å². The predicted octanol–water partition coefficient (Wildman–Crippen LogP) is 6.46. The van der Waals surface area contributed by atoms with Gasteiger partial charge in [-0.25, -0.2) is 4.98 Å². The first kappa shape index (κ1) is 18.0. The molecule has 132 valence electrons. The molecule has 4 rings (SSSR count). The van der Waals surface area contributed by atoms with Gasteiger partial charge in [0.25, 0.3) is 5.91 Å². The zero-order valence-electron chi connectivity index (χ0n) is 13.5. The predicted molar refractivity (Wildman–Crippen MR) is 112 cm³/mol. The van der Waals surface area contributed by atoms with Crippen LogP contribution in [0.5, 0.6) is 0 Å². The summed E-state index contributed by atoms with van der Waals surface area (Å²) in [6.45, 7) is 0. The summed E-state index contributed by atoms with van der Waals surface area (Å²) in [7, 11) is 0. The summed E-state index contributed by atoms with van der Waals surface area (Å²) in [6, 6.07) is 14.5. The standard InChI is InChI=1S/C19H9Cl2N3OS2/c20-12-5-6-13-15(7-12)27-17(16(13)21)18(25)24-19-23-14(9-26-19)11-3-1-10(8-22)2-4-11/h1-7,9H,(H,23,24,25). The summed E-state index contributed by atoms with van der Waals surface area (Å²) < 4.78 is 0.857. The summed E-state index contributed by atoms with van der Waals surface area (Å²) in [5, 5.41) is 15.8. The van der Waals surface area contributed by atoms with E-state index in [1.165, 1.54) is 22.7 Å². The Kier molecular flexibility index (Phi) is 4.85. The number of nitrogens with one attached hydrogen (secondary N) is 1. The number of halogens is 2. The Morgan fingerprint density at radius 1 is 1.15 bits per heavy atom. The molecule has 2 aromatic carbocycles. The lowest BCUT2D eigenvalue weighted by atomic mass is 10.1. The zero-order valence-corrected chi connectivity index (χ0v) is 16.6. The average molecular weight is 430 g/mol. The number of carbonyl (C=O) groups is 1. The Morgan fingerprint density at radius 2 is 1.93 bits per heavy atom. The highest BCUT2D eigenvalue weighted by molar-refractivity contribution is 7.22. The van der Waals surface area contributed by atoms with Crippen LogP contribution in [0.15, 0.2) is 47.8 Å². The highest BCUT2D eigenvalue weighted by atomic mass is 35.5. The zero-order chi connectivity index (χ0) is 19.0. The Balaban J connectivity index is 1.58. The first-order valence-electron chi connectivity index (χ1n) is 7.70. The number of nitriles is 1. The molecule has 4 nitrogen and oxygen atoms in total. The second-order valence-corrected chi connectivity index (χ2v) is 8.29. The molecule has 0 aliphatic rings. The van der Waals surface area contributed by atoms with Crippen molar-refractivity contribution in [3.8, 4) is 17.3 Å². The molecule has 2 heterocycles. The minimum Gasteiger partial charge on any atom is -0.297 e. The molecule has 0 spiro atoms. The number of hydrogen-bond donors (Lipinski definition) is 1. The molecular weight excluding hydrogens is 421 g/mol. The lowest BCUT2D eigenvalue weighted by molar-refractivity contribution is 0.103. The lowest BCUT2D eigenvalue weighted by Gasteiger charge is -2.00. The second kappa shape index (κ2) is 7.29. The molecule has 0 radical (unpaired) electrons. The molecule has 1 amide bonds. The van der Waals surface area contributed by atoms with Crippen LogP contribution in [0.2, 0.25) is 10.0 Å². The number of thiazole rings is 1. The van der Waals surface area contributed by atoms with E-state index in [0.29, 0.717) is 25.6 Å². The van der Waals surface area contributed by atoms with Gasteiger partial charge in [0.05, 0.1) is 22.3 Å². The molecule has 4 aromatic rings. The highest BCUT2D eigenvalue weighted by Crippen LogP contribution is 2.37. The van der Waals surface area contributed by atoms with E-state index in [0.717, 1.165) is 21.3 Å². The summed E-state index contributed by atoms with van der Waals surface area (Å²) in [5.74, 6) is -0.307. The fraction of sp³-hybridized carbons (Fsp3) is 0. The smallest absolute Gasteiger partial charge is 0.269 e. The summed E-state index contributed by atoms with van der Waals surface area (Å²) in [5.41, 5.74) is 2.19. The third-order valence-electron chi connectivity index (χ3n) is 3.83. The molecule has 0 fully saturated rings. The molecular formula is C19H9Cl2N3OS2. The van der Waals surface area contributed by atoms with Gasteiger partial charge in [-0.05, 0) is 24.3 Å². The molecule has 0 bridgehead atoms. The van der Waals surface area contributed by atoms with Crippen LogP contribution in [0.3, 0.4) is 0 Å². The molecule has 0 aliphatic heterocycles. The van der Waals surface area contributed by atoms with Crippen LogP contribution in [0, 0.1) is 11.3 Å². The van der Waals surface area contributed by atoms with E-state index in [2.05, 4.69) is 16.4 Å². The van der Waals surface area contributed by atoms with Gasteiger partial charge in [0.2, 0.25) is 0 Å². The Bertz CT molecular complexity index is 1210. The van der Waals surface area contributed by atoms with Crippen LogP contribution in [0.1, 0.15) is 15.2 Å². The van der Waals surface area contributed by atoms with E-state index in [4.69, 9.17) is 28.5 Å². The monoisotopic (exact) mass is 429 g/mol. The van der Waals surface area contributed by atoms with Crippen molar-refractivity contribution in [2.24, 2.45) is 0 Å². The van der Waals surface area contributed by atoms with E-state index in [1.807, 2.05) is 17.5 Å². The summed E-state index contributed by atoms with van der Waals surface area (Å²) in [6.07, 6.45) is 0. The van der Waals surface area contributed by atoms with Crippen molar-refractivity contribution >= 4 is 67.0 Å². The molecule has 2 aromatic heterocycles. The number of fused-ring (bicyclic) bond motifs is 1. The van der Waals surface area contributed by atoms with Gasteiger partial charge < -0.3 is 0 Å². The van der Waals surface area contributed by atoms with E-state index in [1.54, 1.807) is 30.3 Å². The van der Waals surface area contributed by atoms with Gasteiger partial charge in [0, 0.05) is 26.1 Å². The number of thiophene rings is 1. The quantitative estimate of drug-likeness (QED) is 0.406. The van der Waals surface area contributed by atoms with Crippen molar-refractivity contribution < 1.29 is 4.79 Å².